The predicted molar refractivity (Wildman–Crippen MR) is 123 cm³/mol. The number of aromatic nitrogens is 2. The maximum absolute atomic E-state index is 11.8. The smallest absolute Gasteiger partial charge is 0.323 e. The second kappa shape index (κ2) is 10.8. The van der Waals surface area contributed by atoms with E-state index in [-0.39, 0.29) is 18.6 Å². The average Bonchev–Trinajstić information content (AvgIpc) is 3.55. The van der Waals surface area contributed by atoms with E-state index in [0.717, 1.165) is 25.7 Å². The van der Waals surface area contributed by atoms with E-state index < -0.39 is 24.4 Å². The summed E-state index contributed by atoms with van der Waals surface area (Å²) in [4.78, 5) is 26.8. The number of esters is 1. The number of aliphatic carboxylic acids is 1. The van der Waals surface area contributed by atoms with Crippen LogP contribution in [-0.4, -0.2) is 39.3 Å². The van der Waals surface area contributed by atoms with Crippen LogP contribution in [0.1, 0.15) is 43.2 Å². The van der Waals surface area contributed by atoms with Gasteiger partial charge in [0.05, 0.1) is 18.1 Å². The van der Waals surface area contributed by atoms with E-state index >= 15 is 0 Å². The van der Waals surface area contributed by atoms with Crippen molar-refractivity contribution >= 4 is 11.9 Å². The van der Waals surface area contributed by atoms with Gasteiger partial charge in [-0.3, -0.25) is 9.59 Å². The molecular weight excluding hydrogens is 452 g/mol. The molecule has 0 saturated heterocycles. The molecule has 1 fully saturated rings. The number of ether oxygens (including phenoxy) is 2. The van der Waals surface area contributed by atoms with Crippen LogP contribution in [0.5, 0.6) is 5.75 Å². The molecule has 1 saturated carbocycles. The van der Waals surface area contributed by atoms with Crippen LogP contribution in [0.3, 0.4) is 0 Å². The third-order valence-corrected chi connectivity index (χ3v) is 5.66. The topological polar surface area (TPSA) is 162 Å². The molecule has 3 N–H and O–H groups in total. The molecule has 0 bridgehead atoms. The molecule has 10 heteroatoms. The Morgan fingerprint density at radius 1 is 1.17 bits per heavy atom. The Bertz CT molecular complexity index is 1240. The van der Waals surface area contributed by atoms with E-state index in [1.54, 1.807) is 42.5 Å². The number of carboxylic acid groups (broad SMARTS) is 1. The molecule has 0 unspecified atom stereocenters. The van der Waals surface area contributed by atoms with Crippen molar-refractivity contribution in [1.29, 1.82) is 5.26 Å². The lowest BCUT2D eigenvalue weighted by Crippen LogP contribution is -2.34. The van der Waals surface area contributed by atoms with Crippen LogP contribution in [0.15, 0.2) is 47.0 Å². The van der Waals surface area contributed by atoms with E-state index in [2.05, 4.69) is 16.2 Å². The first-order chi connectivity index (χ1) is 16.9. The van der Waals surface area contributed by atoms with Crippen molar-refractivity contribution in [3.8, 4) is 34.7 Å². The van der Waals surface area contributed by atoms with Gasteiger partial charge in [-0.1, -0.05) is 29.4 Å². The van der Waals surface area contributed by atoms with Gasteiger partial charge in [-0.25, -0.2) is 0 Å². The highest BCUT2D eigenvalue weighted by atomic mass is 16.5. The quantitative estimate of drug-likeness (QED) is 0.437. The van der Waals surface area contributed by atoms with Crippen molar-refractivity contribution in [2.75, 3.05) is 0 Å². The molecule has 10 nitrogen and oxygen atoms in total. The number of carbonyl (C=O) groups is 2. The predicted octanol–water partition coefficient (Wildman–Crippen LogP) is 3.44. The molecule has 35 heavy (non-hydrogen) atoms. The van der Waals surface area contributed by atoms with Crippen LogP contribution in [0.25, 0.3) is 22.8 Å². The van der Waals surface area contributed by atoms with E-state index in [1.807, 2.05) is 0 Å². The van der Waals surface area contributed by atoms with E-state index in [1.165, 1.54) is 0 Å². The fraction of sp³-hybridized carbons (Fsp3) is 0.320. The van der Waals surface area contributed by atoms with Crippen LogP contribution >= 0.6 is 0 Å². The number of rotatable bonds is 9. The highest BCUT2D eigenvalue weighted by Crippen LogP contribution is 2.30. The molecule has 0 spiro atoms. The molecule has 3 aromatic rings. The first kappa shape index (κ1) is 23.9. The molecule has 2 aromatic carbocycles. The summed E-state index contributed by atoms with van der Waals surface area (Å²) in [5.41, 5.74) is 7.88. The third kappa shape index (κ3) is 6.02. The van der Waals surface area contributed by atoms with Crippen LogP contribution in [0, 0.1) is 11.3 Å². The summed E-state index contributed by atoms with van der Waals surface area (Å²) >= 11 is 0. The van der Waals surface area contributed by atoms with Crippen molar-refractivity contribution < 1.29 is 28.7 Å². The zero-order valence-corrected chi connectivity index (χ0v) is 18.8. The van der Waals surface area contributed by atoms with Gasteiger partial charge in [-0.05, 0) is 49.4 Å². The fourth-order valence-corrected chi connectivity index (χ4v) is 3.78. The molecule has 1 aliphatic carbocycles. The van der Waals surface area contributed by atoms with Crippen molar-refractivity contribution in [3.05, 3.63) is 53.6 Å². The first-order valence-electron chi connectivity index (χ1n) is 11.2. The summed E-state index contributed by atoms with van der Waals surface area (Å²) in [6.07, 6.45) is 3.93. The highest BCUT2D eigenvalue weighted by Gasteiger charge is 2.20. The van der Waals surface area contributed by atoms with E-state index in [9.17, 15) is 14.9 Å². The second-order valence-electron chi connectivity index (χ2n) is 8.28. The summed E-state index contributed by atoms with van der Waals surface area (Å²) in [5.74, 6) is -0.764. The molecule has 0 amide bonds. The molecule has 1 aliphatic rings. The normalized spacial score (nSPS) is 14.3. The number of nitriles is 1. The number of nitrogens with two attached hydrogens (primary N) is 1. The Hall–Kier alpha value is -4.23. The van der Waals surface area contributed by atoms with Crippen molar-refractivity contribution in [2.24, 2.45) is 5.73 Å². The first-order valence-corrected chi connectivity index (χ1v) is 11.2. The van der Waals surface area contributed by atoms with Crippen LogP contribution in [0.4, 0.5) is 0 Å². The molecule has 1 aromatic heterocycles. The van der Waals surface area contributed by atoms with Gasteiger partial charge >= 0.3 is 11.9 Å². The highest BCUT2D eigenvalue weighted by molar-refractivity contribution is 5.81. The standard InChI is InChI=1S/C25H24N4O6/c26-13-18-11-17(9-10-21(18)34-19-3-1-2-4-19)24-28-23(29-35-24)16-7-5-15(6-8-16)14-33-25(32)20(27)12-22(30)31/h5-11,19-20H,1-4,12,14,27H2,(H,30,31)/t20-/m0/s1. The summed E-state index contributed by atoms with van der Waals surface area (Å²) in [7, 11) is 0. The van der Waals surface area contributed by atoms with Crippen molar-refractivity contribution in [3.63, 3.8) is 0 Å². The largest absolute Gasteiger partial charge is 0.489 e. The van der Waals surface area contributed by atoms with Gasteiger partial charge in [0.2, 0.25) is 5.82 Å². The fourth-order valence-electron chi connectivity index (χ4n) is 3.78. The Balaban J connectivity index is 1.40. The van der Waals surface area contributed by atoms with Crippen LogP contribution < -0.4 is 10.5 Å². The summed E-state index contributed by atoms with van der Waals surface area (Å²) in [5, 5.41) is 22.3. The molecule has 0 radical (unpaired) electrons. The second-order valence-corrected chi connectivity index (χ2v) is 8.28. The van der Waals surface area contributed by atoms with Gasteiger partial charge in [0.1, 0.15) is 24.5 Å². The Morgan fingerprint density at radius 3 is 2.57 bits per heavy atom. The van der Waals surface area contributed by atoms with E-state index in [4.69, 9.17) is 24.8 Å². The zero-order chi connectivity index (χ0) is 24.8. The van der Waals surface area contributed by atoms with Crippen molar-refractivity contribution in [1.82, 2.24) is 10.1 Å². The molecule has 0 aliphatic heterocycles. The Morgan fingerprint density at radius 2 is 1.89 bits per heavy atom. The van der Waals surface area contributed by atoms with Gasteiger partial charge in [0.25, 0.3) is 5.89 Å². The molecule has 1 heterocycles. The molecule has 1 atom stereocenters. The number of benzene rings is 2. The van der Waals surface area contributed by atoms with Crippen LogP contribution in [0.2, 0.25) is 0 Å². The van der Waals surface area contributed by atoms with Gasteiger partial charge in [0, 0.05) is 11.1 Å². The number of carboxylic acids is 1. The summed E-state index contributed by atoms with van der Waals surface area (Å²) in [6, 6.07) is 13.1. The number of nitrogens with zero attached hydrogens (tertiary/aromatic N) is 3. The maximum Gasteiger partial charge on any atom is 0.323 e. The lowest BCUT2D eigenvalue weighted by atomic mass is 10.1. The molecule has 4 rings (SSSR count). The van der Waals surface area contributed by atoms with Gasteiger partial charge < -0.3 is 24.8 Å². The van der Waals surface area contributed by atoms with Gasteiger partial charge in [-0.15, -0.1) is 0 Å². The SMILES string of the molecule is N#Cc1cc(-c2nc(-c3ccc(COC(=O)[C@@H](N)CC(=O)O)cc3)no2)ccc1OC1CCCC1. The van der Waals surface area contributed by atoms with E-state index in [0.29, 0.717) is 33.8 Å². The summed E-state index contributed by atoms with van der Waals surface area (Å²) < 4.78 is 16.4. The number of carbonyl (C=O) groups excluding carboxylic acids is 1. The lowest BCUT2D eigenvalue weighted by Gasteiger charge is -2.14. The third-order valence-electron chi connectivity index (χ3n) is 5.66. The number of hydrogen-bond donors (Lipinski definition) is 2. The minimum atomic E-state index is -1.21. The van der Waals surface area contributed by atoms with Gasteiger partial charge in [0.15, 0.2) is 0 Å². The Kier molecular flexibility index (Phi) is 7.38. The minimum absolute atomic E-state index is 0.0455. The van der Waals surface area contributed by atoms with Crippen molar-refractivity contribution in [2.45, 2.75) is 50.9 Å². The summed E-state index contributed by atoms with van der Waals surface area (Å²) in [6.45, 7) is -0.0455. The Labute approximate surface area is 201 Å². The average molecular weight is 476 g/mol. The molecular formula is C25H24N4O6. The minimum Gasteiger partial charge on any atom is -0.489 e. The van der Waals surface area contributed by atoms with Crippen LogP contribution in [-0.2, 0) is 20.9 Å². The number of hydrogen-bond acceptors (Lipinski definition) is 9. The monoisotopic (exact) mass is 476 g/mol. The zero-order valence-electron chi connectivity index (χ0n) is 18.8. The molecule has 180 valence electrons. The maximum atomic E-state index is 11.8. The lowest BCUT2D eigenvalue weighted by molar-refractivity contribution is -0.150. The van der Waals surface area contributed by atoms with Gasteiger partial charge in [-0.2, -0.15) is 10.2 Å².